The lowest BCUT2D eigenvalue weighted by atomic mass is 10.3. The molecule has 0 spiro atoms. The molecule has 2 saturated heterocycles. The number of rotatable bonds is 3. The summed E-state index contributed by atoms with van der Waals surface area (Å²) in [5.41, 5.74) is 2.40. The molecule has 0 aliphatic carbocycles. The molecule has 1 aromatic carbocycles. The van der Waals surface area contributed by atoms with E-state index in [2.05, 4.69) is 0 Å². The highest BCUT2D eigenvalue weighted by atomic mass is 32.2. The molecule has 0 aromatic heterocycles. The van der Waals surface area contributed by atoms with E-state index >= 15 is 0 Å². The Kier molecular flexibility index (Phi) is 3.19. The van der Waals surface area contributed by atoms with Crippen LogP contribution in [0.3, 0.4) is 0 Å². The molecular weight excluding hydrogens is 272 g/mol. The molecule has 2 atom stereocenters. The highest BCUT2D eigenvalue weighted by Crippen LogP contribution is 2.37. The number of hydrogen-bond donors (Lipinski definition) is 2. The van der Waals surface area contributed by atoms with Gasteiger partial charge in [-0.15, -0.1) is 0 Å². The van der Waals surface area contributed by atoms with Crippen molar-refractivity contribution in [2.45, 2.75) is 17.0 Å². The van der Waals surface area contributed by atoms with E-state index in [1.165, 1.54) is 28.6 Å². The third-order valence-electron chi connectivity index (χ3n) is 3.31. The molecule has 2 heterocycles. The van der Waals surface area contributed by atoms with Crippen LogP contribution in [0.2, 0.25) is 0 Å². The van der Waals surface area contributed by atoms with Crippen LogP contribution in [0.4, 0.5) is 5.69 Å². The summed E-state index contributed by atoms with van der Waals surface area (Å²) in [6.45, 7) is 0.943. The Morgan fingerprint density at radius 2 is 1.74 bits per heavy atom. The predicted octanol–water partition coefficient (Wildman–Crippen LogP) is 0.233. The standard InChI is InChI=1S/C11H14N2O5S/c14-12-8-1-3-9(4-2-8)19(15,16)13-10-5-17-7-18-6-11(10)13/h1-4,10-12,14H,5-7H2. The van der Waals surface area contributed by atoms with Gasteiger partial charge in [-0.3, -0.25) is 10.7 Å². The fourth-order valence-corrected chi connectivity index (χ4v) is 4.04. The molecule has 0 bridgehead atoms. The minimum atomic E-state index is -3.53. The van der Waals surface area contributed by atoms with Crippen molar-refractivity contribution in [1.82, 2.24) is 4.31 Å². The van der Waals surface area contributed by atoms with Crippen molar-refractivity contribution in [3.8, 4) is 0 Å². The largest absolute Gasteiger partial charge is 0.354 e. The molecule has 104 valence electrons. The number of hydrogen-bond acceptors (Lipinski definition) is 6. The van der Waals surface area contributed by atoms with Crippen molar-refractivity contribution in [2.24, 2.45) is 0 Å². The summed E-state index contributed by atoms with van der Waals surface area (Å²) < 4.78 is 36.6. The van der Waals surface area contributed by atoms with E-state index in [0.717, 1.165) is 0 Å². The lowest BCUT2D eigenvalue weighted by Gasteiger charge is -2.10. The minimum Gasteiger partial charge on any atom is -0.354 e. The number of fused-ring (bicyclic) bond motifs is 1. The minimum absolute atomic E-state index is 0.136. The summed E-state index contributed by atoms with van der Waals surface area (Å²) >= 11 is 0. The predicted molar refractivity (Wildman–Crippen MR) is 65.2 cm³/mol. The molecule has 2 aliphatic rings. The van der Waals surface area contributed by atoms with Crippen LogP contribution in [-0.2, 0) is 19.5 Å². The lowest BCUT2D eigenvalue weighted by molar-refractivity contribution is -0.0436. The Morgan fingerprint density at radius 1 is 1.16 bits per heavy atom. The molecular formula is C11H14N2O5S. The number of nitrogens with one attached hydrogen (secondary N) is 1. The second kappa shape index (κ2) is 4.73. The molecule has 3 rings (SSSR count). The summed E-state index contributed by atoms with van der Waals surface area (Å²) in [5, 5.41) is 8.71. The van der Waals surface area contributed by atoms with Gasteiger partial charge in [0.25, 0.3) is 0 Å². The second-order valence-electron chi connectivity index (χ2n) is 4.47. The molecule has 0 amide bonds. The van der Waals surface area contributed by atoms with E-state index < -0.39 is 10.0 Å². The first-order valence-corrected chi connectivity index (χ1v) is 7.28. The van der Waals surface area contributed by atoms with E-state index in [1.54, 1.807) is 0 Å². The van der Waals surface area contributed by atoms with Gasteiger partial charge in [-0.05, 0) is 24.3 Å². The van der Waals surface area contributed by atoms with Crippen molar-refractivity contribution in [2.75, 3.05) is 25.5 Å². The van der Waals surface area contributed by atoms with Crippen molar-refractivity contribution in [3.05, 3.63) is 24.3 Å². The molecule has 1 aromatic rings. The monoisotopic (exact) mass is 286 g/mol. The zero-order valence-corrected chi connectivity index (χ0v) is 10.8. The van der Waals surface area contributed by atoms with Crippen molar-refractivity contribution in [3.63, 3.8) is 0 Å². The quantitative estimate of drug-likeness (QED) is 0.611. The smallest absolute Gasteiger partial charge is 0.243 e. The number of ether oxygens (including phenoxy) is 2. The van der Waals surface area contributed by atoms with Crippen molar-refractivity contribution in [1.29, 1.82) is 0 Å². The maximum Gasteiger partial charge on any atom is 0.243 e. The Balaban J connectivity index is 1.83. The summed E-state index contributed by atoms with van der Waals surface area (Å²) in [4.78, 5) is 0.194. The average Bonchev–Trinajstić information content (AvgIpc) is 3.14. The van der Waals surface area contributed by atoms with E-state index in [4.69, 9.17) is 14.7 Å². The topological polar surface area (TPSA) is 87.9 Å². The Bertz CT molecular complexity index is 547. The van der Waals surface area contributed by atoms with Crippen LogP contribution in [0, 0.1) is 0 Å². The van der Waals surface area contributed by atoms with Crippen LogP contribution in [-0.4, -0.2) is 50.0 Å². The molecule has 8 heteroatoms. The van der Waals surface area contributed by atoms with Gasteiger partial charge in [0.05, 0.1) is 35.9 Å². The number of nitrogens with zero attached hydrogens (tertiary/aromatic N) is 1. The zero-order chi connectivity index (χ0) is 13.5. The molecule has 2 aliphatic heterocycles. The van der Waals surface area contributed by atoms with Gasteiger partial charge in [-0.25, -0.2) is 8.42 Å². The molecule has 0 saturated carbocycles. The lowest BCUT2D eigenvalue weighted by Crippen LogP contribution is -2.20. The number of benzene rings is 1. The van der Waals surface area contributed by atoms with Gasteiger partial charge >= 0.3 is 0 Å². The van der Waals surface area contributed by atoms with Gasteiger partial charge < -0.3 is 9.47 Å². The van der Waals surface area contributed by atoms with E-state index in [0.29, 0.717) is 18.9 Å². The summed E-state index contributed by atoms with van der Waals surface area (Å²) in [6, 6.07) is 5.63. The summed E-state index contributed by atoms with van der Waals surface area (Å²) in [6.07, 6.45) is 0. The fourth-order valence-electron chi connectivity index (χ4n) is 2.25. The van der Waals surface area contributed by atoms with E-state index in [9.17, 15) is 8.42 Å². The molecule has 19 heavy (non-hydrogen) atoms. The van der Waals surface area contributed by atoms with Crippen LogP contribution < -0.4 is 5.48 Å². The zero-order valence-electron chi connectivity index (χ0n) is 10.0. The number of anilines is 1. The molecule has 7 nitrogen and oxygen atoms in total. The van der Waals surface area contributed by atoms with Gasteiger partial charge in [0.1, 0.15) is 6.79 Å². The average molecular weight is 286 g/mol. The van der Waals surface area contributed by atoms with Gasteiger partial charge in [0.15, 0.2) is 0 Å². The summed E-state index contributed by atoms with van der Waals surface area (Å²) in [7, 11) is -3.53. The highest BCUT2D eigenvalue weighted by molar-refractivity contribution is 7.89. The van der Waals surface area contributed by atoms with E-state index in [-0.39, 0.29) is 23.8 Å². The van der Waals surface area contributed by atoms with Gasteiger partial charge in [0.2, 0.25) is 10.0 Å². The third kappa shape index (κ3) is 2.21. The molecule has 2 fully saturated rings. The van der Waals surface area contributed by atoms with Gasteiger partial charge in [-0.1, -0.05) is 0 Å². The van der Waals surface area contributed by atoms with Crippen LogP contribution in [0.5, 0.6) is 0 Å². The van der Waals surface area contributed by atoms with Crippen molar-refractivity contribution < 1.29 is 23.1 Å². The first-order chi connectivity index (χ1) is 9.14. The van der Waals surface area contributed by atoms with Crippen LogP contribution in [0.25, 0.3) is 0 Å². The fraction of sp³-hybridized carbons (Fsp3) is 0.455. The SMILES string of the molecule is O=S(=O)(c1ccc(NO)cc1)N1C2COCOCC21. The maximum atomic E-state index is 12.4. The Hall–Kier alpha value is -1.19. The molecule has 0 radical (unpaired) electrons. The highest BCUT2D eigenvalue weighted by Gasteiger charge is 2.56. The van der Waals surface area contributed by atoms with E-state index in [1.807, 2.05) is 5.48 Å². The second-order valence-corrected chi connectivity index (χ2v) is 6.31. The third-order valence-corrected chi connectivity index (χ3v) is 5.28. The maximum absolute atomic E-state index is 12.4. The van der Waals surface area contributed by atoms with Gasteiger partial charge in [0, 0.05) is 0 Å². The van der Waals surface area contributed by atoms with Crippen molar-refractivity contribution >= 4 is 15.7 Å². The van der Waals surface area contributed by atoms with Crippen LogP contribution >= 0.6 is 0 Å². The molecule has 2 N–H and O–H groups in total. The number of sulfonamides is 1. The normalized spacial score (nSPS) is 30.3. The molecule has 2 unspecified atom stereocenters. The summed E-state index contributed by atoms with van der Waals surface area (Å²) in [5.74, 6) is 0. The Morgan fingerprint density at radius 3 is 2.26 bits per heavy atom. The van der Waals surface area contributed by atoms with Crippen LogP contribution in [0.15, 0.2) is 29.2 Å². The van der Waals surface area contributed by atoms with Crippen LogP contribution in [0.1, 0.15) is 0 Å². The Labute approximate surface area is 110 Å². The van der Waals surface area contributed by atoms with Gasteiger partial charge in [-0.2, -0.15) is 4.31 Å². The first kappa shape index (κ1) is 12.8. The first-order valence-electron chi connectivity index (χ1n) is 5.84.